The lowest BCUT2D eigenvalue weighted by Gasteiger charge is -2.09. The summed E-state index contributed by atoms with van der Waals surface area (Å²) in [7, 11) is 0. The molecule has 0 aliphatic heterocycles. The molecule has 0 saturated carbocycles. The average molecular weight is 336 g/mol. The highest BCUT2D eigenvalue weighted by molar-refractivity contribution is 9.10. The Labute approximate surface area is 115 Å². The third kappa shape index (κ3) is 3.26. The molecule has 0 fully saturated rings. The van der Waals surface area contributed by atoms with Crippen molar-refractivity contribution in [1.82, 2.24) is 0 Å². The molecule has 0 amide bonds. The number of halogens is 4. The third-order valence-electron chi connectivity index (χ3n) is 2.36. The molecule has 0 atom stereocenters. The Morgan fingerprint density at radius 1 is 1.11 bits per heavy atom. The summed E-state index contributed by atoms with van der Waals surface area (Å²) in [4.78, 5) is 1.11. The van der Waals surface area contributed by atoms with Gasteiger partial charge < -0.3 is 5.32 Å². The summed E-state index contributed by atoms with van der Waals surface area (Å²) in [6, 6.07) is 6.96. The first-order chi connectivity index (χ1) is 8.47. The lowest BCUT2D eigenvalue weighted by Crippen LogP contribution is -2.05. The maximum absolute atomic E-state index is 12.4. The molecule has 6 heteroatoms. The highest BCUT2D eigenvalue weighted by Crippen LogP contribution is 2.30. The summed E-state index contributed by atoms with van der Waals surface area (Å²) in [6.07, 6.45) is -4.28. The molecule has 18 heavy (non-hydrogen) atoms. The van der Waals surface area contributed by atoms with Crippen molar-refractivity contribution in [3.05, 3.63) is 50.6 Å². The van der Waals surface area contributed by atoms with Gasteiger partial charge in [-0.1, -0.05) is 0 Å². The SMILES string of the molecule is FC(F)(F)c1ccc(NCc2sccc2Br)cc1. The number of thiophene rings is 1. The zero-order valence-corrected chi connectivity index (χ0v) is 11.5. The molecule has 1 aromatic carbocycles. The average Bonchev–Trinajstić information content (AvgIpc) is 2.72. The van der Waals surface area contributed by atoms with E-state index in [0.717, 1.165) is 21.5 Å². The summed E-state index contributed by atoms with van der Waals surface area (Å²) >= 11 is 4.99. The Kier molecular flexibility index (Phi) is 3.97. The predicted molar refractivity (Wildman–Crippen MR) is 70.8 cm³/mol. The Balaban J connectivity index is 2.01. The van der Waals surface area contributed by atoms with Crippen molar-refractivity contribution in [2.24, 2.45) is 0 Å². The molecule has 2 rings (SSSR count). The van der Waals surface area contributed by atoms with E-state index < -0.39 is 11.7 Å². The monoisotopic (exact) mass is 335 g/mol. The van der Waals surface area contributed by atoms with E-state index in [-0.39, 0.29) is 0 Å². The van der Waals surface area contributed by atoms with Gasteiger partial charge in [-0.3, -0.25) is 0 Å². The van der Waals surface area contributed by atoms with Gasteiger partial charge in [0.05, 0.1) is 12.1 Å². The number of benzene rings is 1. The third-order valence-corrected chi connectivity index (χ3v) is 4.28. The predicted octanol–water partition coefficient (Wildman–Crippen LogP) is 5.14. The molecule has 0 aliphatic rings. The fourth-order valence-corrected chi connectivity index (χ4v) is 2.84. The van der Waals surface area contributed by atoms with E-state index in [9.17, 15) is 13.2 Å². The number of nitrogens with one attached hydrogen (secondary N) is 1. The van der Waals surface area contributed by atoms with E-state index in [1.165, 1.54) is 12.1 Å². The molecule has 1 N–H and O–H groups in total. The molecule has 0 radical (unpaired) electrons. The van der Waals surface area contributed by atoms with E-state index in [0.29, 0.717) is 12.2 Å². The van der Waals surface area contributed by atoms with Crippen LogP contribution in [0.4, 0.5) is 18.9 Å². The van der Waals surface area contributed by atoms with Crippen molar-refractivity contribution in [3.8, 4) is 0 Å². The van der Waals surface area contributed by atoms with Crippen LogP contribution >= 0.6 is 27.3 Å². The van der Waals surface area contributed by atoms with Gasteiger partial charge in [0.15, 0.2) is 0 Å². The molecule has 1 aromatic heterocycles. The second-order valence-electron chi connectivity index (χ2n) is 3.62. The maximum Gasteiger partial charge on any atom is 0.416 e. The van der Waals surface area contributed by atoms with Crippen LogP contribution in [-0.2, 0) is 12.7 Å². The molecule has 2 aromatic rings. The largest absolute Gasteiger partial charge is 0.416 e. The molecule has 0 spiro atoms. The second-order valence-corrected chi connectivity index (χ2v) is 5.48. The topological polar surface area (TPSA) is 12.0 Å². The van der Waals surface area contributed by atoms with Crippen LogP contribution in [0.25, 0.3) is 0 Å². The molecular formula is C12H9BrF3NS. The Morgan fingerprint density at radius 2 is 1.78 bits per heavy atom. The Bertz CT molecular complexity index is 519. The van der Waals surface area contributed by atoms with Gasteiger partial charge in [-0.05, 0) is 51.6 Å². The van der Waals surface area contributed by atoms with Gasteiger partial charge in [-0.25, -0.2) is 0 Å². The zero-order chi connectivity index (χ0) is 13.2. The molecule has 0 unspecified atom stereocenters. The van der Waals surface area contributed by atoms with Crippen LogP contribution in [0.1, 0.15) is 10.4 Å². The molecule has 0 saturated heterocycles. The number of rotatable bonds is 3. The van der Waals surface area contributed by atoms with E-state index in [4.69, 9.17) is 0 Å². The van der Waals surface area contributed by atoms with Gasteiger partial charge >= 0.3 is 6.18 Å². The van der Waals surface area contributed by atoms with Crippen LogP contribution in [0.2, 0.25) is 0 Å². The quantitative estimate of drug-likeness (QED) is 0.818. The minimum Gasteiger partial charge on any atom is -0.380 e. The first-order valence-corrected chi connectivity index (χ1v) is 6.77. The summed E-state index contributed by atoms with van der Waals surface area (Å²) in [5, 5.41) is 5.03. The first-order valence-electron chi connectivity index (χ1n) is 5.10. The van der Waals surface area contributed by atoms with Crippen molar-refractivity contribution in [1.29, 1.82) is 0 Å². The highest BCUT2D eigenvalue weighted by Gasteiger charge is 2.29. The lowest BCUT2D eigenvalue weighted by molar-refractivity contribution is -0.137. The van der Waals surface area contributed by atoms with Crippen molar-refractivity contribution in [3.63, 3.8) is 0 Å². The standard InChI is InChI=1S/C12H9BrF3NS/c13-10-5-6-18-11(10)7-17-9-3-1-8(2-4-9)12(14,15)16/h1-6,17H,7H2. The molecular weight excluding hydrogens is 327 g/mol. The molecule has 0 bridgehead atoms. The van der Waals surface area contributed by atoms with E-state index in [1.807, 2.05) is 11.4 Å². The highest BCUT2D eigenvalue weighted by atomic mass is 79.9. The summed E-state index contributed by atoms with van der Waals surface area (Å²) in [6.45, 7) is 0.587. The van der Waals surface area contributed by atoms with Gasteiger partial charge in [0.25, 0.3) is 0 Å². The van der Waals surface area contributed by atoms with E-state index in [1.54, 1.807) is 11.3 Å². The van der Waals surface area contributed by atoms with Gasteiger partial charge in [-0.15, -0.1) is 11.3 Å². The number of hydrogen-bond acceptors (Lipinski definition) is 2. The molecule has 1 nitrogen and oxygen atoms in total. The number of anilines is 1. The van der Waals surface area contributed by atoms with Crippen LogP contribution < -0.4 is 5.32 Å². The first kappa shape index (κ1) is 13.4. The summed E-state index contributed by atoms with van der Waals surface area (Å²) in [5.74, 6) is 0. The molecule has 96 valence electrons. The van der Waals surface area contributed by atoms with Gasteiger partial charge in [0, 0.05) is 15.0 Å². The van der Waals surface area contributed by atoms with Crippen molar-refractivity contribution < 1.29 is 13.2 Å². The van der Waals surface area contributed by atoms with Crippen molar-refractivity contribution in [2.75, 3.05) is 5.32 Å². The Hall–Kier alpha value is -1.01. The summed E-state index contributed by atoms with van der Waals surface area (Å²) in [5.41, 5.74) is 0.0358. The lowest BCUT2D eigenvalue weighted by atomic mass is 10.2. The van der Waals surface area contributed by atoms with Crippen LogP contribution in [0.5, 0.6) is 0 Å². The second kappa shape index (κ2) is 5.32. The minimum absolute atomic E-state index is 0.587. The fourth-order valence-electron chi connectivity index (χ4n) is 1.41. The number of hydrogen-bond donors (Lipinski definition) is 1. The molecule has 1 heterocycles. The minimum atomic E-state index is -4.28. The maximum atomic E-state index is 12.4. The molecule has 0 aliphatic carbocycles. The summed E-state index contributed by atoms with van der Waals surface area (Å²) < 4.78 is 38.1. The van der Waals surface area contributed by atoms with Gasteiger partial charge in [0.2, 0.25) is 0 Å². The number of alkyl halides is 3. The van der Waals surface area contributed by atoms with Gasteiger partial charge in [-0.2, -0.15) is 13.2 Å². The van der Waals surface area contributed by atoms with Crippen LogP contribution in [0.15, 0.2) is 40.2 Å². The smallest absolute Gasteiger partial charge is 0.380 e. The Morgan fingerprint density at radius 3 is 2.28 bits per heavy atom. The van der Waals surface area contributed by atoms with Crippen LogP contribution in [0.3, 0.4) is 0 Å². The zero-order valence-electron chi connectivity index (χ0n) is 9.09. The van der Waals surface area contributed by atoms with Crippen LogP contribution in [-0.4, -0.2) is 0 Å². The van der Waals surface area contributed by atoms with E-state index in [2.05, 4.69) is 21.2 Å². The van der Waals surface area contributed by atoms with Crippen molar-refractivity contribution >= 4 is 33.0 Å². The van der Waals surface area contributed by atoms with Crippen LogP contribution in [0, 0.1) is 0 Å². The van der Waals surface area contributed by atoms with Crippen molar-refractivity contribution in [2.45, 2.75) is 12.7 Å². The van der Waals surface area contributed by atoms with E-state index >= 15 is 0 Å². The fraction of sp³-hybridized carbons (Fsp3) is 0.167. The van der Waals surface area contributed by atoms with Gasteiger partial charge in [0.1, 0.15) is 0 Å². The normalized spacial score (nSPS) is 11.6.